The van der Waals surface area contributed by atoms with Gasteiger partial charge < -0.3 is 9.64 Å². The van der Waals surface area contributed by atoms with Crippen molar-refractivity contribution in [2.75, 3.05) is 20.3 Å². The lowest BCUT2D eigenvalue weighted by atomic mass is 10.4. The minimum absolute atomic E-state index is 0.790. The summed E-state index contributed by atoms with van der Waals surface area (Å²) in [6, 6.07) is 0. The molecule has 0 radical (unpaired) electrons. The monoisotopic (exact) mass is 141 g/mol. The molecule has 0 bridgehead atoms. The summed E-state index contributed by atoms with van der Waals surface area (Å²) in [6.07, 6.45) is 4.51. The van der Waals surface area contributed by atoms with Crippen molar-refractivity contribution in [3.05, 3.63) is 25.6 Å². The van der Waals surface area contributed by atoms with Crippen LogP contribution in [-0.2, 0) is 4.74 Å². The third-order valence-corrected chi connectivity index (χ3v) is 1.23. The lowest BCUT2D eigenvalue weighted by Gasteiger charge is -2.12. The molecule has 0 fully saturated rings. The minimum Gasteiger partial charge on any atom is -0.385 e. The Morgan fingerprint density at radius 3 is 2.40 bits per heavy atom. The number of nitrogens with zero attached hydrogens (tertiary/aromatic N) is 1. The van der Waals surface area contributed by atoms with Crippen molar-refractivity contribution in [2.45, 2.75) is 6.42 Å². The van der Waals surface area contributed by atoms with E-state index in [1.807, 2.05) is 4.90 Å². The van der Waals surface area contributed by atoms with Crippen LogP contribution >= 0.6 is 0 Å². The van der Waals surface area contributed by atoms with Gasteiger partial charge in [-0.15, -0.1) is 0 Å². The highest BCUT2D eigenvalue weighted by Gasteiger charge is 1.90. The quantitative estimate of drug-likeness (QED) is 0.521. The van der Waals surface area contributed by atoms with Crippen molar-refractivity contribution in [1.29, 1.82) is 0 Å². The van der Waals surface area contributed by atoms with Crippen LogP contribution in [0.5, 0.6) is 0 Å². The van der Waals surface area contributed by atoms with E-state index in [1.165, 1.54) is 0 Å². The maximum absolute atomic E-state index is 4.89. The lowest BCUT2D eigenvalue weighted by molar-refractivity contribution is 0.188. The van der Waals surface area contributed by atoms with Crippen LogP contribution < -0.4 is 0 Å². The van der Waals surface area contributed by atoms with E-state index < -0.39 is 0 Å². The Morgan fingerprint density at radius 1 is 1.40 bits per heavy atom. The van der Waals surface area contributed by atoms with Gasteiger partial charge in [0.25, 0.3) is 0 Å². The van der Waals surface area contributed by atoms with Gasteiger partial charge in [0, 0.05) is 20.3 Å². The molecule has 0 aromatic carbocycles. The standard InChI is InChI=1S/C8H15NO/c1-4-9(5-2)7-6-8-10-3/h4-5H,1-2,6-8H2,3H3. The van der Waals surface area contributed by atoms with Gasteiger partial charge in [0.1, 0.15) is 0 Å². The van der Waals surface area contributed by atoms with E-state index in [4.69, 9.17) is 4.74 Å². The Hall–Kier alpha value is -0.760. The maximum atomic E-state index is 4.89. The van der Waals surface area contributed by atoms with Crippen LogP contribution in [0.1, 0.15) is 6.42 Å². The normalized spacial score (nSPS) is 8.90. The highest BCUT2D eigenvalue weighted by Crippen LogP contribution is 1.91. The molecule has 0 atom stereocenters. The SMILES string of the molecule is C=CN(C=C)CCCOC. The molecule has 0 unspecified atom stereocenters. The molecule has 0 aliphatic heterocycles. The number of hydrogen-bond donors (Lipinski definition) is 0. The van der Waals surface area contributed by atoms with Crippen molar-refractivity contribution in [2.24, 2.45) is 0 Å². The second kappa shape index (κ2) is 6.36. The largest absolute Gasteiger partial charge is 0.385 e. The molecule has 2 nitrogen and oxygen atoms in total. The summed E-state index contributed by atoms with van der Waals surface area (Å²) >= 11 is 0. The van der Waals surface area contributed by atoms with Crippen LogP contribution in [0.25, 0.3) is 0 Å². The molecule has 0 N–H and O–H groups in total. The first-order chi connectivity index (χ1) is 4.85. The maximum Gasteiger partial charge on any atom is 0.0479 e. The fraction of sp³-hybridized carbons (Fsp3) is 0.500. The van der Waals surface area contributed by atoms with Crippen LogP contribution in [-0.4, -0.2) is 25.2 Å². The van der Waals surface area contributed by atoms with Crippen LogP contribution in [0.2, 0.25) is 0 Å². The molecule has 0 amide bonds. The molecule has 10 heavy (non-hydrogen) atoms. The molecule has 0 spiro atoms. The Kier molecular flexibility index (Phi) is 5.88. The van der Waals surface area contributed by atoms with E-state index in [0.29, 0.717) is 0 Å². The summed E-state index contributed by atoms with van der Waals surface area (Å²) < 4.78 is 4.89. The van der Waals surface area contributed by atoms with Crippen LogP contribution in [0, 0.1) is 0 Å². The van der Waals surface area contributed by atoms with Gasteiger partial charge >= 0.3 is 0 Å². The first-order valence-electron chi connectivity index (χ1n) is 3.35. The fourth-order valence-electron chi connectivity index (χ4n) is 0.649. The third kappa shape index (κ3) is 4.15. The number of rotatable bonds is 6. The van der Waals surface area contributed by atoms with Crippen molar-refractivity contribution < 1.29 is 4.74 Å². The van der Waals surface area contributed by atoms with Gasteiger partial charge in [-0.05, 0) is 18.8 Å². The first-order valence-corrected chi connectivity index (χ1v) is 3.35. The summed E-state index contributed by atoms with van der Waals surface area (Å²) in [5.74, 6) is 0. The van der Waals surface area contributed by atoms with E-state index in [9.17, 15) is 0 Å². The number of methoxy groups -OCH3 is 1. The average molecular weight is 141 g/mol. The van der Waals surface area contributed by atoms with Crippen molar-refractivity contribution >= 4 is 0 Å². The van der Waals surface area contributed by atoms with Gasteiger partial charge in [-0.25, -0.2) is 0 Å². The molecular formula is C8H15NO. The van der Waals surface area contributed by atoms with Gasteiger partial charge in [0.05, 0.1) is 0 Å². The predicted octanol–water partition coefficient (Wildman–Crippen LogP) is 1.61. The average Bonchev–Trinajstić information content (AvgIpc) is 1.99. The van der Waals surface area contributed by atoms with Crippen molar-refractivity contribution in [3.8, 4) is 0 Å². The topological polar surface area (TPSA) is 12.5 Å². The summed E-state index contributed by atoms with van der Waals surface area (Å²) in [4.78, 5) is 1.93. The molecule has 0 aliphatic rings. The zero-order chi connectivity index (χ0) is 7.82. The van der Waals surface area contributed by atoms with E-state index in [2.05, 4.69) is 13.2 Å². The highest BCUT2D eigenvalue weighted by atomic mass is 16.5. The zero-order valence-electron chi connectivity index (χ0n) is 6.55. The Bertz CT molecular complexity index is 93.4. The van der Waals surface area contributed by atoms with Crippen LogP contribution in [0.4, 0.5) is 0 Å². The summed E-state index contributed by atoms with van der Waals surface area (Å²) in [6.45, 7) is 8.97. The predicted molar refractivity (Wildman–Crippen MR) is 43.6 cm³/mol. The Labute approximate surface area is 62.8 Å². The van der Waals surface area contributed by atoms with E-state index in [0.717, 1.165) is 19.6 Å². The second-order valence-corrected chi connectivity index (χ2v) is 1.95. The van der Waals surface area contributed by atoms with Gasteiger partial charge in [0.15, 0.2) is 0 Å². The third-order valence-electron chi connectivity index (χ3n) is 1.23. The van der Waals surface area contributed by atoms with Gasteiger partial charge in [0.2, 0.25) is 0 Å². The van der Waals surface area contributed by atoms with E-state index in [1.54, 1.807) is 19.5 Å². The molecule has 0 aromatic heterocycles. The molecule has 0 aromatic rings. The molecule has 0 saturated carbocycles. The first kappa shape index (κ1) is 9.24. The lowest BCUT2D eigenvalue weighted by Crippen LogP contribution is -2.11. The molecule has 58 valence electrons. The van der Waals surface area contributed by atoms with Gasteiger partial charge in [-0.3, -0.25) is 0 Å². The number of hydrogen-bond acceptors (Lipinski definition) is 2. The molecule has 0 aliphatic carbocycles. The molecule has 0 saturated heterocycles. The van der Waals surface area contributed by atoms with E-state index in [-0.39, 0.29) is 0 Å². The summed E-state index contributed by atoms with van der Waals surface area (Å²) in [5.41, 5.74) is 0. The summed E-state index contributed by atoms with van der Waals surface area (Å²) in [7, 11) is 1.70. The van der Waals surface area contributed by atoms with Gasteiger partial charge in [-0.2, -0.15) is 0 Å². The highest BCUT2D eigenvalue weighted by molar-refractivity contribution is 4.79. The second-order valence-electron chi connectivity index (χ2n) is 1.95. The Balaban J connectivity index is 3.25. The zero-order valence-corrected chi connectivity index (χ0v) is 6.55. The van der Waals surface area contributed by atoms with Gasteiger partial charge in [-0.1, -0.05) is 13.2 Å². The van der Waals surface area contributed by atoms with Crippen molar-refractivity contribution in [3.63, 3.8) is 0 Å². The minimum atomic E-state index is 0.790. The van der Waals surface area contributed by atoms with Crippen LogP contribution in [0.3, 0.4) is 0 Å². The summed E-state index contributed by atoms with van der Waals surface area (Å²) in [5, 5.41) is 0. The molecule has 2 heteroatoms. The van der Waals surface area contributed by atoms with Crippen molar-refractivity contribution in [1.82, 2.24) is 4.90 Å². The Morgan fingerprint density at radius 2 is 2.00 bits per heavy atom. The number of ether oxygens (including phenoxy) is 1. The smallest absolute Gasteiger partial charge is 0.0479 e. The molecule has 0 rings (SSSR count). The fourth-order valence-corrected chi connectivity index (χ4v) is 0.649. The van der Waals surface area contributed by atoms with E-state index >= 15 is 0 Å². The van der Waals surface area contributed by atoms with Crippen LogP contribution in [0.15, 0.2) is 25.6 Å². The molecule has 0 heterocycles. The molecular weight excluding hydrogens is 126 g/mol.